The first-order valence-corrected chi connectivity index (χ1v) is 12.3. The van der Waals surface area contributed by atoms with Crippen molar-refractivity contribution in [1.82, 2.24) is 5.32 Å². The third-order valence-corrected chi connectivity index (χ3v) is 6.96. The van der Waals surface area contributed by atoms with E-state index in [2.05, 4.69) is 149 Å². The predicted octanol–water partition coefficient (Wildman–Crippen LogP) is 5.09. The highest BCUT2D eigenvalue weighted by Gasteiger charge is 2.34. The zero-order valence-corrected chi connectivity index (χ0v) is 22.6. The SMILES string of the molecule is C=NCN.CC(NCc1ccc([B]OC(C)(C)C(C)(C)S)cc1)(c1ccccc1)c1ccccc1. The van der Waals surface area contributed by atoms with Crippen molar-refractivity contribution in [1.29, 1.82) is 0 Å². The van der Waals surface area contributed by atoms with Crippen LogP contribution < -0.4 is 16.5 Å². The van der Waals surface area contributed by atoms with Gasteiger partial charge in [-0.1, -0.05) is 90.4 Å². The van der Waals surface area contributed by atoms with Crippen LogP contribution in [0.5, 0.6) is 0 Å². The fourth-order valence-corrected chi connectivity index (χ4v) is 3.32. The van der Waals surface area contributed by atoms with Gasteiger partial charge in [0, 0.05) is 11.3 Å². The molecule has 0 saturated heterocycles. The van der Waals surface area contributed by atoms with Crippen molar-refractivity contribution in [3.63, 3.8) is 0 Å². The van der Waals surface area contributed by atoms with E-state index in [4.69, 9.17) is 10.4 Å². The molecule has 0 aliphatic rings. The van der Waals surface area contributed by atoms with Gasteiger partial charge in [0.05, 0.1) is 17.8 Å². The Morgan fingerprint density at radius 2 is 1.31 bits per heavy atom. The van der Waals surface area contributed by atoms with E-state index in [1.807, 2.05) is 7.48 Å². The minimum atomic E-state index is -0.372. The summed E-state index contributed by atoms with van der Waals surface area (Å²) in [5.41, 5.74) is 8.91. The summed E-state index contributed by atoms with van der Waals surface area (Å²) >= 11 is 4.66. The summed E-state index contributed by atoms with van der Waals surface area (Å²) in [5, 5.41) is 3.79. The molecular formula is C29H39BN3OS. The van der Waals surface area contributed by atoms with Crippen molar-refractivity contribution < 1.29 is 4.65 Å². The van der Waals surface area contributed by atoms with Gasteiger partial charge in [-0.25, -0.2) is 0 Å². The van der Waals surface area contributed by atoms with Crippen molar-refractivity contribution in [2.45, 2.75) is 57.1 Å². The molecule has 0 saturated carbocycles. The molecule has 0 unspecified atom stereocenters. The van der Waals surface area contributed by atoms with Gasteiger partial charge in [-0.2, -0.15) is 12.6 Å². The zero-order valence-electron chi connectivity index (χ0n) is 21.7. The highest BCUT2D eigenvalue weighted by atomic mass is 32.1. The number of rotatable bonds is 10. The first-order chi connectivity index (χ1) is 16.5. The second-order valence-corrected chi connectivity index (χ2v) is 10.8. The van der Waals surface area contributed by atoms with Crippen LogP contribution in [0.1, 0.15) is 51.3 Å². The Kier molecular flexibility index (Phi) is 10.8. The van der Waals surface area contributed by atoms with E-state index >= 15 is 0 Å². The first-order valence-electron chi connectivity index (χ1n) is 11.8. The second-order valence-electron chi connectivity index (χ2n) is 9.66. The molecule has 6 heteroatoms. The van der Waals surface area contributed by atoms with Gasteiger partial charge in [0.25, 0.3) is 0 Å². The molecule has 35 heavy (non-hydrogen) atoms. The third-order valence-electron chi connectivity index (χ3n) is 6.42. The van der Waals surface area contributed by atoms with Crippen molar-refractivity contribution in [2.24, 2.45) is 10.7 Å². The molecule has 0 aliphatic heterocycles. The molecule has 3 N–H and O–H groups in total. The van der Waals surface area contributed by atoms with Gasteiger partial charge in [-0.3, -0.25) is 10.3 Å². The number of nitrogens with two attached hydrogens (primary N) is 1. The smallest absolute Gasteiger partial charge is 0.330 e. The van der Waals surface area contributed by atoms with Crippen molar-refractivity contribution in [3.8, 4) is 0 Å². The Bertz CT molecular complexity index is 980. The molecule has 3 aromatic rings. The second kappa shape index (κ2) is 13.1. The van der Waals surface area contributed by atoms with Crippen molar-refractivity contribution in [3.05, 3.63) is 102 Å². The molecule has 0 aromatic heterocycles. The molecule has 3 rings (SSSR count). The summed E-state index contributed by atoms with van der Waals surface area (Å²) in [6, 6.07) is 29.7. The molecule has 4 nitrogen and oxygen atoms in total. The zero-order chi connectivity index (χ0) is 26.0. The molecule has 3 aromatic carbocycles. The van der Waals surface area contributed by atoms with Gasteiger partial charge in [0.15, 0.2) is 0 Å². The lowest BCUT2D eigenvalue weighted by molar-refractivity contribution is 0.0854. The van der Waals surface area contributed by atoms with Gasteiger partial charge >= 0.3 is 7.48 Å². The van der Waals surface area contributed by atoms with Gasteiger partial charge in [-0.15, -0.1) is 0 Å². The van der Waals surface area contributed by atoms with Crippen molar-refractivity contribution in [2.75, 3.05) is 6.67 Å². The number of nitrogens with zero attached hydrogens (tertiary/aromatic N) is 1. The molecule has 0 spiro atoms. The van der Waals surface area contributed by atoms with E-state index in [-0.39, 0.29) is 15.9 Å². The van der Waals surface area contributed by atoms with Crippen LogP contribution in [0.2, 0.25) is 0 Å². The third kappa shape index (κ3) is 8.36. The lowest BCUT2D eigenvalue weighted by Crippen LogP contribution is -2.45. The molecule has 0 atom stereocenters. The number of hydrogen-bond acceptors (Lipinski definition) is 5. The van der Waals surface area contributed by atoms with Crippen LogP contribution in [-0.4, -0.2) is 31.2 Å². The van der Waals surface area contributed by atoms with E-state index in [0.29, 0.717) is 6.67 Å². The lowest BCUT2D eigenvalue weighted by atomic mass is 9.83. The number of nitrogens with one attached hydrogen (secondary N) is 1. The molecule has 185 valence electrons. The van der Waals surface area contributed by atoms with Crippen LogP contribution >= 0.6 is 12.6 Å². The molecular weight excluding hydrogens is 449 g/mol. The summed E-state index contributed by atoms with van der Waals surface area (Å²) in [7, 11) is 1.83. The fraction of sp³-hybridized carbons (Fsp3) is 0.345. The van der Waals surface area contributed by atoms with Gasteiger partial charge in [0.1, 0.15) is 0 Å². The van der Waals surface area contributed by atoms with Crippen LogP contribution in [0.4, 0.5) is 0 Å². The van der Waals surface area contributed by atoms with Crippen LogP contribution in [-0.2, 0) is 16.7 Å². The van der Waals surface area contributed by atoms with E-state index in [0.717, 1.165) is 12.0 Å². The summed E-state index contributed by atoms with van der Waals surface area (Å²) in [5.74, 6) is 0. The number of thiol groups is 1. The Morgan fingerprint density at radius 1 is 0.857 bits per heavy atom. The average molecular weight is 489 g/mol. The number of benzene rings is 3. The maximum Gasteiger partial charge on any atom is 0.330 e. The molecule has 1 radical (unpaired) electrons. The normalized spacial score (nSPS) is 11.9. The lowest BCUT2D eigenvalue weighted by Gasteiger charge is -2.38. The Balaban J connectivity index is 0.00000100. The Morgan fingerprint density at radius 3 is 1.71 bits per heavy atom. The number of aliphatic imine (C=N–C) groups is 1. The summed E-state index contributed by atoms with van der Waals surface area (Å²) in [6.07, 6.45) is 0. The van der Waals surface area contributed by atoms with E-state index in [9.17, 15) is 0 Å². The highest BCUT2D eigenvalue weighted by Crippen LogP contribution is 2.31. The minimum absolute atomic E-state index is 0.243. The summed E-state index contributed by atoms with van der Waals surface area (Å²) in [6.45, 7) is 14.7. The van der Waals surface area contributed by atoms with Crippen LogP contribution in [0.15, 0.2) is 89.9 Å². The molecule has 0 fully saturated rings. The van der Waals surface area contributed by atoms with Crippen LogP contribution in [0.3, 0.4) is 0 Å². The maximum absolute atomic E-state index is 6.03. The quantitative estimate of drug-likeness (QED) is 0.212. The van der Waals surface area contributed by atoms with Crippen LogP contribution in [0.25, 0.3) is 0 Å². The topological polar surface area (TPSA) is 59.6 Å². The minimum Gasteiger partial charge on any atom is -0.428 e. The number of hydrogen-bond donors (Lipinski definition) is 3. The van der Waals surface area contributed by atoms with Gasteiger partial charge in [-0.05, 0) is 58.0 Å². The first kappa shape index (κ1) is 28.9. The monoisotopic (exact) mass is 488 g/mol. The van der Waals surface area contributed by atoms with E-state index in [1.54, 1.807) is 0 Å². The fourth-order valence-electron chi connectivity index (χ4n) is 3.27. The summed E-state index contributed by atoms with van der Waals surface area (Å²) < 4.78 is 5.79. The molecule has 0 aliphatic carbocycles. The Labute approximate surface area is 218 Å². The summed E-state index contributed by atoms with van der Waals surface area (Å²) in [4.78, 5) is 3.26. The molecule has 0 bridgehead atoms. The highest BCUT2D eigenvalue weighted by molar-refractivity contribution is 7.81. The van der Waals surface area contributed by atoms with Crippen LogP contribution in [0, 0.1) is 0 Å². The molecule has 0 heterocycles. The molecule has 0 amide bonds. The maximum atomic E-state index is 6.03. The van der Waals surface area contributed by atoms with Gasteiger partial charge < -0.3 is 10.4 Å². The predicted molar refractivity (Wildman–Crippen MR) is 155 cm³/mol. The van der Waals surface area contributed by atoms with E-state index < -0.39 is 0 Å². The Hall–Kier alpha value is -2.38. The standard InChI is InChI=1S/C27H33BNOS.C2H6N2/c1-25(2,26(3,4)31)30-28-24-18-16-21(17-19-24)20-29-27(5,22-12-8-6-9-13-22)23-14-10-7-11-15-23;1-4-2-3/h6-19,29,31H,20H2,1-5H3;1-3H2. The largest absolute Gasteiger partial charge is 0.428 e. The van der Waals surface area contributed by atoms with E-state index in [1.165, 1.54) is 16.7 Å². The van der Waals surface area contributed by atoms with Gasteiger partial charge in [0.2, 0.25) is 0 Å². The average Bonchev–Trinajstić information content (AvgIpc) is 2.87. The van der Waals surface area contributed by atoms with Crippen molar-refractivity contribution >= 4 is 32.3 Å².